The summed E-state index contributed by atoms with van der Waals surface area (Å²) in [5, 5.41) is 0. The van der Waals surface area contributed by atoms with Crippen LogP contribution in [0.2, 0.25) is 0 Å². The van der Waals surface area contributed by atoms with Crippen molar-refractivity contribution in [1.82, 2.24) is 19.6 Å². The SMILES string of the molecule is CNSNc1nccc(CN2C(=O)Oc3cc(Oc4ncccc4F)ccc3C2C)c1F. The summed E-state index contributed by atoms with van der Waals surface area (Å²) in [6, 6.07) is 8.65. The highest BCUT2D eigenvalue weighted by molar-refractivity contribution is 7.98. The van der Waals surface area contributed by atoms with Crippen LogP contribution in [0.25, 0.3) is 0 Å². The number of ether oxygens (including phenoxy) is 2. The Morgan fingerprint density at radius 2 is 2.06 bits per heavy atom. The van der Waals surface area contributed by atoms with Crippen LogP contribution in [-0.2, 0) is 6.54 Å². The van der Waals surface area contributed by atoms with Crippen LogP contribution in [0.5, 0.6) is 17.4 Å². The summed E-state index contributed by atoms with van der Waals surface area (Å²) >= 11 is 1.08. The second-order valence-corrected chi connectivity index (χ2v) is 7.62. The van der Waals surface area contributed by atoms with Crippen molar-refractivity contribution in [3.8, 4) is 17.4 Å². The molecule has 1 amide bonds. The fourth-order valence-electron chi connectivity index (χ4n) is 3.21. The molecular weight excluding hydrogens is 440 g/mol. The molecule has 3 aromatic rings. The maximum absolute atomic E-state index is 14.8. The van der Waals surface area contributed by atoms with E-state index in [2.05, 4.69) is 19.4 Å². The zero-order valence-electron chi connectivity index (χ0n) is 17.1. The molecule has 2 aromatic heterocycles. The standard InChI is InChI=1S/C21H19F2N5O3S/c1-12-15-6-5-14(30-20-16(22)4-3-8-26-20)10-17(15)31-21(29)28(12)11-13-7-9-25-19(18(13)23)27-32-24-2/h3-10,12,24H,11H2,1-2H3,(H,25,27). The summed E-state index contributed by atoms with van der Waals surface area (Å²) in [4.78, 5) is 21.9. The highest BCUT2D eigenvalue weighted by atomic mass is 32.2. The molecule has 2 N–H and O–H groups in total. The molecule has 1 aliphatic rings. The molecule has 3 heterocycles. The van der Waals surface area contributed by atoms with Crippen LogP contribution in [0, 0.1) is 11.6 Å². The Bertz CT molecular complexity index is 1150. The molecule has 11 heteroatoms. The van der Waals surface area contributed by atoms with Gasteiger partial charge in [0.25, 0.3) is 5.88 Å². The van der Waals surface area contributed by atoms with E-state index in [0.29, 0.717) is 5.56 Å². The zero-order valence-corrected chi connectivity index (χ0v) is 18.0. The van der Waals surface area contributed by atoms with Crippen molar-refractivity contribution in [3.05, 3.63) is 71.6 Å². The number of nitrogens with one attached hydrogen (secondary N) is 2. The third-order valence-electron chi connectivity index (χ3n) is 4.83. The minimum Gasteiger partial charge on any atom is -0.436 e. The normalized spacial score (nSPS) is 15.2. The van der Waals surface area contributed by atoms with Crippen LogP contribution in [0.3, 0.4) is 0 Å². The second-order valence-electron chi connectivity index (χ2n) is 6.80. The largest absolute Gasteiger partial charge is 0.436 e. The lowest BCUT2D eigenvalue weighted by molar-refractivity contribution is 0.116. The molecule has 0 saturated carbocycles. The van der Waals surface area contributed by atoms with Crippen LogP contribution >= 0.6 is 12.1 Å². The van der Waals surface area contributed by atoms with Gasteiger partial charge in [0, 0.05) is 41.7 Å². The average molecular weight is 459 g/mol. The topological polar surface area (TPSA) is 88.6 Å². The Hall–Kier alpha value is -3.44. The van der Waals surface area contributed by atoms with Gasteiger partial charge in [0.15, 0.2) is 17.5 Å². The summed E-state index contributed by atoms with van der Waals surface area (Å²) in [5.41, 5.74) is 0.994. The van der Waals surface area contributed by atoms with Gasteiger partial charge >= 0.3 is 6.09 Å². The third-order valence-corrected chi connectivity index (χ3v) is 5.33. The number of nitrogens with zero attached hydrogens (tertiary/aromatic N) is 3. The highest BCUT2D eigenvalue weighted by Gasteiger charge is 2.32. The molecule has 0 bridgehead atoms. The summed E-state index contributed by atoms with van der Waals surface area (Å²) in [5.74, 6) is -0.726. The van der Waals surface area contributed by atoms with Crippen molar-refractivity contribution in [2.75, 3.05) is 11.8 Å². The third kappa shape index (κ3) is 4.43. The minimum absolute atomic E-state index is 0.00983. The van der Waals surface area contributed by atoms with Crippen LogP contribution in [0.4, 0.5) is 19.4 Å². The van der Waals surface area contributed by atoms with Crippen LogP contribution < -0.4 is 18.9 Å². The van der Waals surface area contributed by atoms with Gasteiger partial charge in [0.1, 0.15) is 11.5 Å². The van der Waals surface area contributed by atoms with Crippen LogP contribution in [0.15, 0.2) is 48.8 Å². The molecule has 1 unspecified atom stereocenters. The number of pyridine rings is 2. The molecule has 0 radical (unpaired) electrons. The maximum atomic E-state index is 14.8. The fourth-order valence-corrected chi connectivity index (χ4v) is 3.55. The van der Waals surface area contributed by atoms with E-state index in [0.717, 1.165) is 12.1 Å². The number of benzene rings is 1. The van der Waals surface area contributed by atoms with E-state index in [9.17, 15) is 13.6 Å². The lowest BCUT2D eigenvalue weighted by Gasteiger charge is -2.34. The summed E-state index contributed by atoms with van der Waals surface area (Å²) in [7, 11) is 1.69. The van der Waals surface area contributed by atoms with E-state index >= 15 is 0 Å². The first-order valence-electron chi connectivity index (χ1n) is 9.60. The number of hydrogen-bond acceptors (Lipinski definition) is 8. The predicted octanol–water partition coefficient (Wildman–Crippen LogP) is 4.82. The quantitative estimate of drug-likeness (QED) is 0.487. The molecular formula is C21H19F2N5O3S. The van der Waals surface area contributed by atoms with E-state index in [1.54, 1.807) is 19.2 Å². The summed E-state index contributed by atoms with van der Waals surface area (Å²) < 4.78 is 45.0. The number of fused-ring (bicyclic) bond motifs is 1. The van der Waals surface area contributed by atoms with E-state index in [-0.39, 0.29) is 35.3 Å². The fraction of sp³-hybridized carbons (Fsp3) is 0.190. The Labute approximate surface area is 187 Å². The zero-order chi connectivity index (χ0) is 22.7. The first-order chi connectivity index (χ1) is 15.5. The Balaban J connectivity index is 1.55. The van der Waals surface area contributed by atoms with Gasteiger partial charge in [0.05, 0.1) is 12.6 Å². The van der Waals surface area contributed by atoms with E-state index in [4.69, 9.17) is 9.47 Å². The van der Waals surface area contributed by atoms with E-state index in [1.165, 1.54) is 41.6 Å². The predicted molar refractivity (Wildman–Crippen MR) is 115 cm³/mol. The van der Waals surface area contributed by atoms with Crippen LogP contribution in [-0.4, -0.2) is 28.0 Å². The molecule has 4 rings (SSSR count). The molecule has 0 saturated heterocycles. The number of halogens is 2. The van der Waals surface area contributed by atoms with Gasteiger partial charge < -0.3 is 9.47 Å². The molecule has 0 aliphatic carbocycles. The molecule has 8 nitrogen and oxygen atoms in total. The van der Waals surface area contributed by atoms with Gasteiger partial charge in [-0.3, -0.25) is 9.62 Å². The highest BCUT2D eigenvalue weighted by Crippen LogP contribution is 2.39. The number of anilines is 1. The van der Waals surface area contributed by atoms with Crippen molar-refractivity contribution < 1.29 is 23.0 Å². The van der Waals surface area contributed by atoms with Crippen molar-refractivity contribution >= 4 is 24.0 Å². The summed E-state index contributed by atoms with van der Waals surface area (Å²) in [6.45, 7) is 1.80. The van der Waals surface area contributed by atoms with Crippen LogP contribution in [0.1, 0.15) is 24.1 Å². The molecule has 1 atom stereocenters. The maximum Gasteiger partial charge on any atom is 0.416 e. The van der Waals surface area contributed by atoms with Crippen molar-refractivity contribution in [3.63, 3.8) is 0 Å². The van der Waals surface area contributed by atoms with Gasteiger partial charge in [-0.1, -0.05) is 0 Å². The average Bonchev–Trinajstić information content (AvgIpc) is 2.78. The Morgan fingerprint density at radius 1 is 1.22 bits per heavy atom. The van der Waals surface area contributed by atoms with Crippen molar-refractivity contribution in [2.45, 2.75) is 19.5 Å². The second kappa shape index (κ2) is 9.37. The Kier molecular flexibility index (Phi) is 6.37. The molecule has 1 aliphatic heterocycles. The van der Waals surface area contributed by atoms with Crippen molar-refractivity contribution in [1.29, 1.82) is 0 Å². The molecule has 0 fully saturated rings. The number of hydrogen-bond donors (Lipinski definition) is 2. The molecule has 32 heavy (non-hydrogen) atoms. The van der Waals surface area contributed by atoms with Gasteiger partial charge in [-0.15, -0.1) is 0 Å². The first kappa shape index (κ1) is 21.8. The number of amides is 1. The number of carbonyl (C=O) groups is 1. The number of rotatable bonds is 7. The van der Waals surface area contributed by atoms with Gasteiger partial charge in [-0.2, -0.15) is 0 Å². The first-order valence-corrected chi connectivity index (χ1v) is 10.4. The van der Waals surface area contributed by atoms with Gasteiger partial charge in [-0.05, 0) is 44.3 Å². The minimum atomic E-state index is -0.638. The number of carbonyl (C=O) groups excluding carboxylic acids is 1. The van der Waals surface area contributed by atoms with E-state index in [1.807, 2.05) is 6.92 Å². The monoisotopic (exact) mass is 459 g/mol. The van der Waals surface area contributed by atoms with Gasteiger partial charge in [-0.25, -0.2) is 28.3 Å². The number of aromatic nitrogens is 2. The van der Waals surface area contributed by atoms with E-state index < -0.39 is 23.8 Å². The molecule has 1 aromatic carbocycles. The summed E-state index contributed by atoms with van der Waals surface area (Å²) in [6.07, 6.45) is 2.24. The van der Waals surface area contributed by atoms with Gasteiger partial charge in [0.2, 0.25) is 0 Å². The lowest BCUT2D eigenvalue weighted by Crippen LogP contribution is -2.39. The molecule has 0 spiro atoms. The molecule has 166 valence electrons. The smallest absolute Gasteiger partial charge is 0.416 e. The lowest BCUT2D eigenvalue weighted by atomic mass is 10.0. The Morgan fingerprint density at radius 3 is 2.84 bits per heavy atom. The van der Waals surface area contributed by atoms with Crippen molar-refractivity contribution in [2.24, 2.45) is 0 Å².